The van der Waals surface area contributed by atoms with Crippen LogP contribution in [0.1, 0.15) is 25.5 Å². The number of carbonyl (C=O) groups excluding carboxylic acids is 1. The summed E-state index contributed by atoms with van der Waals surface area (Å²) in [6.45, 7) is 3.67. The first-order chi connectivity index (χ1) is 9.71. The maximum absolute atomic E-state index is 11.8. The third-order valence-corrected chi connectivity index (χ3v) is 4.11. The Bertz CT molecular complexity index is 587. The lowest BCUT2D eigenvalue weighted by Gasteiger charge is -2.15. The third kappa shape index (κ3) is 6.59. The zero-order valence-electron chi connectivity index (χ0n) is 12.8. The van der Waals surface area contributed by atoms with E-state index in [-0.39, 0.29) is 11.8 Å². The lowest BCUT2D eigenvalue weighted by Crippen LogP contribution is -2.39. The van der Waals surface area contributed by atoms with E-state index in [9.17, 15) is 13.2 Å². The molecule has 0 saturated heterocycles. The van der Waals surface area contributed by atoms with E-state index in [2.05, 4.69) is 16.0 Å². The van der Waals surface area contributed by atoms with E-state index in [0.717, 1.165) is 11.8 Å². The highest BCUT2D eigenvalue weighted by molar-refractivity contribution is 7.90. The predicted octanol–water partition coefficient (Wildman–Crippen LogP) is 1.52. The van der Waals surface area contributed by atoms with Gasteiger partial charge in [0.05, 0.1) is 5.75 Å². The van der Waals surface area contributed by atoms with Crippen LogP contribution in [0.2, 0.25) is 0 Å². The van der Waals surface area contributed by atoms with E-state index in [0.29, 0.717) is 5.69 Å². The number of sulfone groups is 1. The van der Waals surface area contributed by atoms with Crippen molar-refractivity contribution in [2.45, 2.75) is 25.9 Å². The van der Waals surface area contributed by atoms with Gasteiger partial charge in [-0.3, -0.25) is 0 Å². The Hall–Kier alpha value is -1.60. The Labute approximate surface area is 126 Å². The average molecular weight is 313 g/mol. The molecule has 1 rings (SSSR count). The van der Waals surface area contributed by atoms with E-state index in [4.69, 9.17) is 0 Å². The number of benzene rings is 1. The number of carbonyl (C=O) groups is 1. The second-order valence-corrected chi connectivity index (χ2v) is 7.41. The zero-order valence-corrected chi connectivity index (χ0v) is 13.6. The molecule has 0 bridgehead atoms. The van der Waals surface area contributed by atoms with Crippen molar-refractivity contribution in [1.82, 2.24) is 10.6 Å². The second kappa shape index (κ2) is 7.42. The van der Waals surface area contributed by atoms with Crippen LogP contribution in [0.25, 0.3) is 0 Å². The molecule has 0 aliphatic carbocycles. The van der Waals surface area contributed by atoms with Gasteiger partial charge < -0.3 is 16.0 Å². The van der Waals surface area contributed by atoms with Crippen molar-refractivity contribution in [2.24, 2.45) is 0 Å². The summed E-state index contributed by atoms with van der Waals surface area (Å²) in [5, 5.41) is 8.43. The summed E-state index contributed by atoms with van der Waals surface area (Å²) in [5.41, 5.74) is 1.72. The first-order valence-corrected chi connectivity index (χ1v) is 8.80. The molecule has 0 heterocycles. The molecule has 1 aromatic rings. The van der Waals surface area contributed by atoms with Gasteiger partial charge in [0, 0.05) is 24.0 Å². The van der Waals surface area contributed by atoms with Crippen LogP contribution in [-0.4, -0.2) is 39.5 Å². The van der Waals surface area contributed by atoms with Gasteiger partial charge in [-0.1, -0.05) is 12.1 Å². The molecule has 2 amide bonds. The summed E-state index contributed by atoms with van der Waals surface area (Å²) in [6.07, 6.45) is 1.14. The van der Waals surface area contributed by atoms with Gasteiger partial charge in [0.25, 0.3) is 0 Å². The molecule has 0 radical (unpaired) electrons. The third-order valence-electron chi connectivity index (χ3n) is 3.01. The van der Waals surface area contributed by atoms with Crippen molar-refractivity contribution in [3.63, 3.8) is 0 Å². The molecule has 3 N–H and O–H groups in total. The number of nitrogens with one attached hydrogen (secondary N) is 3. The molecule has 2 atom stereocenters. The molecule has 0 aliphatic rings. The van der Waals surface area contributed by atoms with Crippen molar-refractivity contribution >= 4 is 21.6 Å². The lowest BCUT2D eigenvalue weighted by atomic mass is 10.1. The molecule has 21 heavy (non-hydrogen) atoms. The molecule has 118 valence electrons. The second-order valence-electron chi connectivity index (χ2n) is 5.23. The van der Waals surface area contributed by atoms with Crippen molar-refractivity contribution in [3.05, 3.63) is 29.8 Å². The monoisotopic (exact) mass is 313 g/mol. The number of hydrogen-bond acceptors (Lipinski definition) is 4. The van der Waals surface area contributed by atoms with E-state index in [1.807, 2.05) is 32.2 Å². The predicted molar refractivity (Wildman–Crippen MR) is 85.2 cm³/mol. The highest BCUT2D eigenvalue weighted by Crippen LogP contribution is 2.16. The Morgan fingerprint density at radius 3 is 2.52 bits per heavy atom. The molecule has 7 heteroatoms. The first kappa shape index (κ1) is 17.5. The molecule has 6 nitrogen and oxygen atoms in total. The first-order valence-electron chi connectivity index (χ1n) is 6.73. The molecule has 0 spiro atoms. The van der Waals surface area contributed by atoms with Gasteiger partial charge >= 0.3 is 6.03 Å². The van der Waals surface area contributed by atoms with Crippen LogP contribution < -0.4 is 16.0 Å². The smallest absolute Gasteiger partial charge is 0.319 e. The van der Waals surface area contributed by atoms with Crippen LogP contribution in [0, 0.1) is 0 Å². The minimum absolute atomic E-state index is 0.0861. The largest absolute Gasteiger partial charge is 0.334 e. The quantitative estimate of drug-likeness (QED) is 0.743. The number of urea groups is 1. The lowest BCUT2D eigenvalue weighted by molar-refractivity contribution is 0.250. The molecule has 2 unspecified atom stereocenters. The standard InChI is InChI=1S/C14H23N3O3S/c1-10(9-21(4,19)20)16-14(18)17-13-7-5-6-12(8-13)11(2)15-3/h5-8,10-11,15H,9H2,1-4H3,(H2,16,17,18). The summed E-state index contributed by atoms with van der Waals surface area (Å²) in [7, 11) is -1.25. The van der Waals surface area contributed by atoms with E-state index in [1.165, 1.54) is 0 Å². The minimum Gasteiger partial charge on any atom is -0.334 e. The summed E-state index contributed by atoms with van der Waals surface area (Å²) in [4.78, 5) is 11.8. The summed E-state index contributed by atoms with van der Waals surface area (Å²) >= 11 is 0. The Morgan fingerprint density at radius 2 is 1.95 bits per heavy atom. The number of anilines is 1. The normalized spacial score (nSPS) is 14.3. The van der Waals surface area contributed by atoms with Gasteiger partial charge in [-0.05, 0) is 38.6 Å². The van der Waals surface area contributed by atoms with Crippen LogP contribution >= 0.6 is 0 Å². The van der Waals surface area contributed by atoms with E-state index < -0.39 is 21.9 Å². The summed E-state index contributed by atoms with van der Waals surface area (Å²) < 4.78 is 22.3. The SMILES string of the molecule is CNC(C)c1cccc(NC(=O)NC(C)CS(C)(=O)=O)c1. The molecule has 0 aromatic heterocycles. The molecule has 1 aromatic carbocycles. The topological polar surface area (TPSA) is 87.3 Å². The maximum atomic E-state index is 11.8. The Balaban J connectivity index is 2.63. The Kier molecular flexibility index (Phi) is 6.17. The summed E-state index contributed by atoms with van der Waals surface area (Å²) in [6, 6.07) is 6.81. The fourth-order valence-electron chi connectivity index (χ4n) is 1.94. The van der Waals surface area contributed by atoms with Crippen molar-refractivity contribution < 1.29 is 13.2 Å². The van der Waals surface area contributed by atoms with E-state index in [1.54, 1.807) is 13.0 Å². The number of rotatable bonds is 6. The molecular weight excluding hydrogens is 290 g/mol. The van der Waals surface area contributed by atoms with Gasteiger partial charge in [0.2, 0.25) is 0 Å². The average Bonchev–Trinajstić information content (AvgIpc) is 2.35. The number of hydrogen-bond donors (Lipinski definition) is 3. The van der Waals surface area contributed by atoms with Gasteiger partial charge in [-0.15, -0.1) is 0 Å². The van der Waals surface area contributed by atoms with E-state index >= 15 is 0 Å². The Morgan fingerprint density at radius 1 is 1.29 bits per heavy atom. The van der Waals surface area contributed by atoms with Crippen molar-refractivity contribution in [1.29, 1.82) is 0 Å². The van der Waals surface area contributed by atoms with Crippen LogP contribution in [0.4, 0.5) is 10.5 Å². The maximum Gasteiger partial charge on any atom is 0.319 e. The molecule has 0 aliphatic heterocycles. The number of amides is 2. The highest BCUT2D eigenvalue weighted by atomic mass is 32.2. The molecular formula is C14H23N3O3S. The van der Waals surface area contributed by atoms with Crippen molar-refractivity contribution in [2.75, 3.05) is 24.4 Å². The van der Waals surface area contributed by atoms with Crippen LogP contribution in [0.15, 0.2) is 24.3 Å². The van der Waals surface area contributed by atoms with Gasteiger partial charge in [0.15, 0.2) is 0 Å². The van der Waals surface area contributed by atoms with Gasteiger partial charge in [-0.25, -0.2) is 13.2 Å². The van der Waals surface area contributed by atoms with Gasteiger partial charge in [0.1, 0.15) is 9.84 Å². The molecule has 0 saturated carbocycles. The minimum atomic E-state index is -3.11. The highest BCUT2D eigenvalue weighted by Gasteiger charge is 2.13. The fourth-order valence-corrected chi connectivity index (χ4v) is 2.93. The van der Waals surface area contributed by atoms with Crippen molar-refractivity contribution in [3.8, 4) is 0 Å². The summed E-state index contributed by atoms with van der Waals surface area (Å²) in [5.74, 6) is -0.0861. The van der Waals surface area contributed by atoms with Crippen LogP contribution in [0.3, 0.4) is 0 Å². The zero-order chi connectivity index (χ0) is 16.0. The van der Waals surface area contributed by atoms with Crippen LogP contribution in [0.5, 0.6) is 0 Å². The van der Waals surface area contributed by atoms with Gasteiger partial charge in [-0.2, -0.15) is 0 Å². The van der Waals surface area contributed by atoms with Crippen LogP contribution in [-0.2, 0) is 9.84 Å². The fraction of sp³-hybridized carbons (Fsp3) is 0.500. The molecule has 0 fully saturated rings.